The minimum absolute atomic E-state index is 0.168. The van der Waals surface area contributed by atoms with Crippen molar-refractivity contribution >= 4 is 5.97 Å². The smallest absolute Gasteiger partial charge is 0.308 e. The summed E-state index contributed by atoms with van der Waals surface area (Å²) >= 11 is 0. The molecule has 7 nitrogen and oxygen atoms in total. The molecule has 7 heteroatoms. The van der Waals surface area contributed by atoms with Crippen molar-refractivity contribution in [2.75, 3.05) is 6.61 Å². The quantitative estimate of drug-likeness (QED) is 0.346. The van der Waals surface area contributed by atoms with E-state index in [2.05, 4.69) is 33.8 Å². The molecule has 1 fully saturated rings. The van der Waals surface area contributed by atoms with Crippen LogP contribution in [-0.4, -0.2) is 52.5 Å². The highest BCUT2D eigenvalue weighted by molar-refractivity contribution is 5.74. The second kappa shape index (κ2) is 9.61. The second-order valence-electron chi connectivity index (χ2n) is 10.6. The molecule has 188 valence electrons. The van der Waals surface area contributed by atoms with Crippen LogP contribution in [0.15, 0.2) is 11.6 Å². The van der Waals surface area contributed by atoms with Gasteiger partial charge in [-0.25, -0.2) is 0 Å². The maximum absolute atomic E-state index is 12.2. The maximum atomic E-state index is 12.2. The van der Waals surface area contributed by atoms with Gasteiger partial charge in [0.05, 0.1) is 6.61 Å². The highest BCUT2D eigenvalue weighted by Crippen LogP contribution is 2.58. The number of carbonyl (C=O) groups excluding carboxylic acids is 1. The lowest BCUT2D eigenvalue weighted by molar-refractivity contribution is -0.242. The van der Waals surface area contributed by atoms with Crippen molar-refractivity contribution < 1.29 is 34.3 Å². The van der Waals surface area contributed by atoms with Gasteiger partial charge >= 0.3 is 5.97 Å². The minimum Gasteiger partial charge on any atom is -0.458 e. The molecule has 2 aliphatic carbocycles. The number of carbonyl (C=O) groups is 1. The van der Waals surface area contributed by atoms with Crippen LogP contribution >= 0.6 is 0 Å². The zero-order valence-electron chi connectivity index (χ0n) is 21.0. The highest BCUT2D eigenvalue weighted by Gasteiger charge is 2.44. The molecule has 3 aliphatic rings. The summed E-state index contributed by atoms with van der Waals surface area (Å²) in [5.41, 5.74) is 5.60. The third kappa shape index (κ3) is 4.39. The van der Waals surface area contributed by atoms with Crippen molar-refractivity contribution in [2.24, 2.45) is 5.92 Å². The van der Waals surface area contributed by atoms with E-state index in [0.717, 1.165) is 30.4 Å². The molecule has 1 heterocycles. The van der Waals surface area contributed by atoms with Gasteiger partial charge in [-0.15, -0.1) is 0 Å². The number of aliphatic hydroxyl groups is 3. The number of benzene rings is 1. The molecule has 1 aliphatic heterocycles. The molecule has 1 aromatic carbocycles. The Balaban J connectivity index is 1.93. The first-order valence-electron chi connectivity index (χ1n) is 12.4. The Labute approximate surface area is 201 Å². The van der Waals surface area contributed by atoms with E-state index in [9.17, 15) is 20.1 Å². The summed E-state index contributed by atoms with van der Waals surface area (Å²) in [6, 6.07) is 0. The van der Waals surface area contributed by atoms with Crippen LogP contribution in [0.2, 0.25) is 0 Å². The van der Waals surface area contributed by atoms with Crippen molar-refractivity contribution in [3.8, 4) is 11.5 Å². The molecule has 1 saturated heterocycles. The molecule has 0 bridgehead atoms. The van der Waals surface area contributed by atoms with Gasteiger partial charge in [0.1, 0.15) is 18.3 Å². The van der Waals surface area contributed by atoms with E-state index < -0.39 is 30.6 Å². The molecule has 0 amide bonds. The van der Waals surface area contributed by atoms with Crippen molar-refractivity contribution in [2.45, 2.75) is 103 Å². The number of rotatable bonds is 4. The summed E-state index contributed by atoms with van der Waals surface area (Å²) in [5.74, 6) is 1.57. The van der Waals surface area contributed by atoms with Crippen LogP contribution < -0.4 is 9.47 Å². The summed E-state index contributed by atoms with van der Waals surface area (Å²) in [4.78, 5) is 12.2. The van der Waals surface area contributed by atoms with Gasteiger partial charge in [0, 0.05) is 18.4 Å². The Morgan fingerprint density at radius 3 is 2.35 bits per heavy atom. The van der Waals surface area contributed by atoms with Gasteiger partial charge in [0.15, 0.2) is 11.5 Å². The maximum Gasteiger partial charge on any atom is 0.308 e. The first-order valence-corrected chi connectivity index (χ1v) is 12.4. The summed E-state index contributed by atoms with van der Waals surface area (Å²) in [6.45, 7) is 11.8. The number of allylic oxidation sites excluding steroid dienone is 2. The summed E-state index contributed by atoms with van der Waals surface area (Å²) < 4.78 is 17.6. The molecular weight excluding hydrogens is 436 g/mol. The van der Waals surface area contributed by atoms with Crippen LogP contribution in [-0.2, 0) is 9.53 Å². The van der Waals surface area contributed by atoms with E-state index in [1.54, 1.807) is 0 Å². The van der Waals surface area contributed by atoms with Gasteiger partial charge in [-0.05, 0) is 74.5 Å². The van der Waals surface area contributed by atoms with E-state index in [4.69, 9.17) is 14.2 Å². The first-order chi connectivity index (χ1) is 16.0. The lowest BCUT2D eigenvalue weighted by Crippen LogP contribution is -2.54. The van der Waals surface area contributed by atoms with Crippen LogP contribution in [0.3, 0.4) is 0 Å². The van der Waals surface area contributed by atoms with Gasteiger partial charge in [-0.1, -0.05) is 25.5 Å². The van der Waals surface area contributed by atoms with Crippen LogP contribution in [0.5, 0.6) is 11.5 Å². The van der Waals surface area contributed by atoms with Crippen molar-refractivity contribution in [3.63, 3.8) is 0 Å². The van der Waals surface area contributed by atoms with Crippen LogP contribution in [0.25, 0.3) is 0 Å². The Morgan fingerprint density at radius 2 is 1.71 bits per heavy atom. The standard InChI is InChI=1S/C27H38O7/c1-12(2)9-17-10-14(4)18-8-7-13(3)20-22(18)21(17)15(5)25(26(20)33-16(6)28)34-27-24(31)23(30)19(29)11-32-27/h9,13-14,17-19,23-24,27,29-31H,7-8,10-11H2,1-6H3. The Morgan fingerprint density at radius 1 is 1.00 bits per heavy atom. The summed E-state index contributed by atoms with van der Waals surface area (Å²) in [5, 5.41) is 30.6. The molecule has 8 unspecified atom stereocenters. The zero-order chi connectivity index (χ0) is 24.9. The fourth-order valence-corrected chi connectivity index (χ4v) is 6.16. The van der Waals surface area contributed by atoms with Gasteiger partial charge in [0.2, 0.25) is 6.29 Å². The topological polar surface area (TPSA) is 105 Å². The van der Waals surface area contributed by atoms with Crippen molar-refractivity contribution in [1.82, 2.24) is 0 Å². The van der Waals surface area contributed by atoms with Crippen LogP contribution in [0.1, 0.15) is 93.9 Å². The van der Waals surface area contributed by atoms with Crippen molar-refractivity contribution in [1.29, 1.82) is 0 Å². The van der Waals surface area contributed by atoms with Gasteiger partial charge in [0.25, 0.3) is 0 Å². The van der Waals surface area contributed by atoms with E-state index in [-0.39, 0.29) is 18.4 Å². The summed E-state index contributed by atoms with van der Waals surface area (Å²) in [6.07, 6.45) is 0.173. The fraction of sp³-hybridized carbons (Fsp3) is 0.667. The predicted molar refractivity (Wildman–Crippen MR) is 127 cm³/mol. The van der Waals surface area contributed by atoms with E-state index >= 15 is 0 Å². The van der Waals surface area contributed by atoms with E-state index in [1.807, 2.05) is 6.92 Å². The Bertz CT molecular complexity index is 980. The third-order valence-electron chi connectivity index (χ3n) is 7.70. The summed E-state index contributed by atoms with van der Waals surface area (Å²) in [7, 11) is 0. The number of hydrogen-bond donors (Lipinski definition) is 3. The van der Waals surface area contributed by atoms with Gasteiger partial charge in [-0.3, -0.25) is 4.79 Å². The second-order valence-corrected chi connectivity index (χ2v) is 10.6. The van der Waals surface area contributed by atoms with Gasteiger partial charge < -0.3 is 29.5 Å². The molecule has 1 aromatic rings. The molecule has 0 aromatic heterocycles. The predicted octanol–water partition coefficient (Wildman–Crippen LogP) is 3.81. The lowest BCUT2D eigenvalue weighted by atomic mass is 9.62. The fourth-order valence-electron chi connectivity index (χ4n) is 6.16. The first kappa shape index (κ1) is 25.2. The molecule has 0 radical (unpaired) electrons. The molecule has 34 heavy (non-hydrogen) atoms. The number of ether oxygens (including phenoxy) is 3. The van der Waals surface area contributed by atoms with Crippen molar-refractivity contribution in [3.05, 3.63) is 33.9 Å². The third-order valence-corrected chi connectivity index (χ3v) is 7.70. The minimum atomic E-state index is -1.44. The number of aliphatic hydroxyl groups excluding tert-OH is 3. The molecule has 8 atom stereocenters. The SMILES string of the molecule is CC(=O)Oc1c(OC2OCC(O)C(O)C2O)c(C)c2c3c1C(C)CCC3C(C)CC2C=C(C)C. The number of hydrogen-bond acceptors (Lipinski definition) is 7. The monoisotopic (exact) mass is 474 g/mol. The highest BCUT2D eigenvalue weighted by atomic mass is 16.7. The largest absolute Gasteiger partial charge is 0.458 e. The van der Waals surface area contributed by atoms with E-state index in [0.29, 0.717) is 23.3 Å². The van der Waals surface area contributed by atoms with Gasteiger partial charge in [-0.2, -0.15) is 0 Å². The normalized spacial score (nSPS) is 34.7. The van der Waals surface area contributed by atoms with Crippen LogP contribution in [0, 0.1) is 12.8 Å². The molecule has 0 spiro atoms. The zero-order valence-corrected chi connectivity index (χ0v) is 21.0. The average molecular weight is 475 g/mol. The molecule has 0 saturated carbocycles. The van der Waals surface area contributed by atoms with Crippen LogP contribution in [0.4, 0.5) is 0 Å². The molecule has 4 rings (SSSR count). The lowest BCUT2D eigenvalue weighted by Gasteiger charge is -2.44. The molecular formula is C27H38O7. The number of esters is 1. The Kier molecular flexibility index (Phi) is 7.11. The van der Waals surface area contributed by atoms with E-state index in [1.165, 1.54) is 23.6 Å². The molecule has 3 N–H and O–H groups in total. The average Bonchev–Trinajstić information content (AvgIpc) is 2.74. The Hall–Kier alpha value is -1.93.